The molecule has 1 saturated carbocycles. The molecule has 2 N–H and O–H groups in total. The third-order valence-corrected chi connectivity index (χ3v) is 7.24. The van der Waals surface area contributed by atoms with Crippen LogP contribution < -0.4 is 5.32 Å². The highest BCUT2D eigenvalue weighted by molar-refractivity contribution is 5.70. The van der Waals surface area contributed by atoms with Gasteiger partial charge in [-0.15, -0.1) is 0 Å². The van der Waals surface area contributed by atoms with Crippen molar-refractivity contribution in [1.82, 2.24) is 30.0 Å². The van der Waals surface area contributed by atoms with Gasteiger partial charge in [0.05, 0.1) is 12.1 Å². The number of nitrogens with zero attached hydrogens (tertiary/aromatic N) is 5. The van der Waals surface area contributed by atoms with Gasteiger partial charge in [-0.05, 0) is 66.7 Å². The second kappa shape index (κ2) is 8.83. The van der Waals surface area contributed by atoms with E-state index >= 15 is 0 Å². The SMILES string of the molecule is Cc1cc(Nc2cc(C)[nH]n2)nc(C2CCC(N3C[C@H]4C[C@H](C3)N4C(=O)OC(C)(C)C)CC2)n1. The predicted molar refractivity (Wildman–Crippen MR) is 130 cm³/mol. The Bertz CT molecular complexity index is 1030. The number of carbonyl (C=O) groups is 1. The molecule has 0 unspecified atom stereocenters. The summed E-state index contributed by atoms with van der Waals surface area (Å²) < 4.78 is 5.62. The van der Waals surface area contributed by atoms with E-state index in [1.165, 1.54) is 0 Å². The van der Waals surface area contributed by atoms with E-state index in [-0.39, 0.29) is 6.09 Å². The van der Waals surface area contributed by atoms with Crippen LogP contribution >= 0.6 is 0 Å². The van der Waals surface area contributed by atoms with E-state index in [9.17, 15) is 4.79 Å². The summed E-state index contributed by atoms with van der Waals surface area (Å²) in [6, 6.07) is 5.11. The first-order valence-corrected chi connectivity index (χ1v) is 12.5. The van der Waals surface area contributed by atoms with Crippen LogP contribution in [-0.2, 0) is 4.74 Å². The quantitative estimate of drug-likeness (QED) is 0.692. The molecule has 3 saturated heterocycles. The number of piperazine rings is 1. The van der Waals surface area contributed by atoms with Crippen LogP contribution in [0.5, 0.6) is 0 Å². The molecule has 2 bridgehead atoms. The fourth-order valence-electron chi connectivity index (χ4n) is 5.70. The number of aryl methyl sites for hydroxylation is 2. The lowest BCUT2D eigenvalue weighted by Crippen LogP contribution is -2.71. The van der Waals surface area contributed by atoms with Crippen molar-refractivity contribution in [3.05, 3.63) is 29.3 Å². The summed E-state index contributed by atoms with van der Waals surface area (Å²) in [6.07, 6.45) is 5.44. The maximum absolute atomic E-state index is 12.6. The number of ether oxygens (including phenoxy) is 1. The van der Waals surface area contributed by atoms with Gasteiger partial charge in [0.1, 0.15) is 17.2 Å². The number of aromatic amines is 1. The van der Waals surface area contributed by atoms with E-state index in [0.29, 0.717) is 24.0 Å². The van der Waals surface area contributed by atoms with Crippen molar-refractivity contribution in [2.45, 2.75) is 96.4 Å². The Morgan fingerprint density at radius 1 is 1.03 bits per heavy atom. The number of amides is 1. The zero-order valence-corrected chi connectivity index (χ0v) is 21.0. The number of carbonyl (C=O) groups excluding carboxylic acids is 1. The number of piperidine rings is 1. The topological polar surface area (TPSA) is 99.3 Å². The number of nitrogens with one attached hydrogen (secondary N) is 2. The third-order valence-electron chi connectivity index (χ3n) is 7.24. The molecule has 0 radical (unpaired) electrons. The third kappa shape index (κ3) is 4.89. The molecule has 2 aromatic heterocycles. The number of hydrogen-bond donors (Lipinski definition) is 2. The Hall–Kier alpha value is -2.68. The highest BCUT2D eigenvalue weighted by Crippen LogP contribution is 2.39. The second-order valence-corrected chi connectivity index (χ2v) is 11.2. The Balaban J connectivity index is 1.16. The number of aromatic nitrogens is 4. The molecule has 0 aromatic carbocycles. The fourth-order valence-corrected chi connectivity index (χ4v) is 5.70. The van der Waals surface area contributed by atoms with Gasteiger partial charge in [-0.3, -0.25) is 14.9 Å². The van der Waals surface area contributed by atoms with E-state index in [0.717, 1.165) is 74.0 Å². The summed E-state index contributed by atoms with van der Waals surface area (Å²) in [6.45, 7) is 11.7. The molecule has 2 aromatic rings. The number of anilines is 2. The summed E-state index contributed by atoms with van der Waals surface area (Å²) in [5, 5.41) is 10.5. The first-order valence-electron chi connectivity index (χ1n) is 12.5. The van der Waals surface area contributed by atoms with Crippen molar-refractivity contribution in [1.29, 1.82) is 0 Å². The van der Waals surface area contributed by atoms with E-state index < -0.39 is 5.60 Å². The Labute approximate surface area is 201 Å². The molecule has 3 aliphatic heterocycles. The van der Waals surface area contributed by atoms with Crippen LogP contribution in [0.4, 0.5) is 16.4 Å². The van der Waals surface area contributed by atoms with E-state index in [4.69, 9.17) is 14.7 Å². The molecule has 9 heteroatoms. The normalized spacial score (nSPS) is 27.3. The Kier molecular flexibility index (Phi) is 6.00. The van der Waals surface area contributed by atoms with Crippen LogP contribution in [0, 0.1) is 13.8 Å². The molecule has 4 aliphatic rings. The molecular weight excluding hydrogens is 430 g/mol. The van der Waals surface area contributed by atoms with Gasteiger partial charge in [0.2, 0.25) is 0 Å². The van der Waals surface area contributed by atoms with Crippen LogP contribution in [0.15, 0.2) is 12.1 Å². The maximum Gasteiger partial charge on any atom is 0.410 e. The van der Waals surface area contributed by atoms with Gasteiger partial charge in [-0.25, -0.2) is 14.8 Å². The van der Waals surface area contributed by atoms with Crippen LogP contribution in [0.25, 0.3) is 0 Å². The Morgan fingerprint density at radius 2 is 1.74 bits per heavy atom. The molecule has 4 fully saturated rings. The van der Waals surface area contributed by atoms with E-state index in [1.807, 2.05) is 51.7 Å². The molecule has 0 spiro atoms. The monoisotopic (exact) mass is 467 g/mol. The van der Waals surface area contributed by atoms with E-state index in [2.05, 4.69) is 20.4 Å². The molecule has 1 aliphatic carbocycles. The van der Waals surface area contributed by atoms with Gasteiger partial charge in [0, 0.05) is 48.6 Å². The lowest BCUT2D eigenvalue weighted by atomic mass is 9.81. The van der Waals surface area contributed by atoms with Crippen molar-refractivity contribution in [2.75, 3.05) is 18.4 Å². The average molecular weight is 468 g/mol. The molecule has 2 atom stereocenters. The van der Waals surface area contributed by atoms with Crippen LogP contribution in [-0.4, -0.2) is 72.9 Å². The highest BCUT2D eigenvalue weighted by Gasteiger charge is 2.50. The summed E-state index contributed by atoms with van der Waals surface area (Å²) in [5.74, 6) is 2.89. The molecular formula is C25H37N7O2. The minimum Gasteiger partial charge on any atom is -0.444 e. The molecule has 5 heterocycles. The van der Waals surface area contributed by atoms with Crippen molar-refractivity contribution >= 4 is 17.7 Å². The van der Waals surface area contributed by atoms with Gasteiger partial charge in [0.15, 0.2) is 5.82 Å². The standard InChI is InChI=1S/C25H37N7O2/c1-15-10-21(27-22-11-16(2)29-30-22)28-23(26-15)17-6-8-18(9-7-17)31-13-19-12-20(14-31)32(19)24(33)34-25(3,4)5/h10-11,17-20H,6-9,12-14H2,1-5H3,(H2,26,27,28,29,30)/t17?,18?,19-,20-/m1/s1. The van der Waals surface area contributed by atoms with Gasteiger partial charge < -0.3 is 10.1 Å². The molecule has 9 nitrogen and oxygen atoms in total. The number of hydrogen-bond acceptors (Lipinski definition) is 7. The van der Waals surface area contributed by atoms with Crippen LogP contribution in [0.3, 0.4) is 0 Å². The highest BCUT2D eigenvalue weighted by atomic mass is 16.6. The average Bonchev–Trinajstić information content (AvgIpc) is 3.16. The van der Waals surface area contributed by atoms with Gasteiger partial charge >= 0.3 is 6.09 Å². The Morgan fingerprint density at radius 3 is 2.35 bits per heavy atom. The van der Waals surface area contributed by atoms with Crippen LogP contribution in [0.1, 0.15) is 76.0 Å². The molecule has 184 valence electrons. The lowest BCUT2D eigenvalue weighted by Gasteiger charge is -2.57. The fraction of sp³-hybridized carbons (Fsp3) is 0.680. The molecule has 34 heavy (non-hydrogen) atoms. The van der Waals surface area contributed by atoms with E-state index in [1.54, 1.807) is 0 Å². The summed E-state index contributed by atoms with van der Waals surface area (Å²) >= 11 is 0. The summed E-state index contributed by atoms with van der Waals surface area (Å²) in [5.41, 5.74) is 1.54. The zero-order chi connectivity index (χ0) is 24.0. The summed E-state index contributed by atoms with van der Waals surface area (Å²) in [7, 11) is 0. The lowest BCUT2D eigenvalue weighted by molar-refractivity contribution is -0.0889. The predicted octanol–water partition coefficient (Wildman–Crippen LogP) is 4.28. The van der Waals surface area contributed by atoms with Crippen molar-refractivity contribution < 1.29 is 9.53 Å². The largest absolute Gasteiger partial charge is 0.444 e. The minimum absolute atomic E-state index is 0.150. The number of fused-ring (bicyclic) bond motifs is 2. The van der Waals surface area contributed by atoms with Gasteiger partial charge in [-0.1, -0.05) is 0 Å². The minimum atomic E-state index is -0.441. The smallest absolute Gasteiger partial charge is 0.410 e. The van der Waals surface area contributed by atoms with Crippen molar-refractivity contribution in [3.8, 4) is 0 Å². The first-order chi connectivity index (χ1) is 16.1. The zero-order valence-electron chi connectivity index (χ0n) is 21.0. The second-order valence-electron chi connectivity index (χ2n) is 11.2. The van der Waals surface area contributed by atoms with Crippen molar-refractivity contribution in [3.63, 3.8) is 0 Å². The molecule has 1 amide bonds. The number of H-pyrrole nitrogens is 1. The van der Waals surface area contributed by atoms with Crippen LogP contribution in [0.2, 0.25) is 0 Å². The van der Waals surface area contributed by atoms with Crippen molar-refractivity contribution in [2.24, 2.45) is 0 Å². The molecule has 6 rings (SSSR count). The van der Waals surface area contributed by atoms with Gasteiger partial charge in [-0.2, -0.15) is 5.10 Å². The first kappa shape index (κ1) is 23.1. The summed E-state index contributed by atoms with van der Waals surface area (Å²) in [4.78, 5) is 26.8. The van der Waals surface area contributed by atoms with Gasteiger partial charge in [0.25, 0.3) is 0 Å². The number of rotatable bonds is 4. The maximum atomic E-state index is 12.6.